The lowest BCUT2D eigenvalue weighted by Gasteiger charge is -2.26. The lowest BCUT2D eigenvalue weighted by molar-refractivity contribution is -0.134. The van der Waals surface area contributed by atoms with Gasteiger partial charge in [0, 0.05) is 12.6 Å². The third kappa shape index (κ3) is 3.83. The van der Waals surface area contributed by atoms with E-state index in [4.69, 9.17) is 0 Å². The van der Waals surface area contributed by atoms with E-state index in [2.05, 4.69) is 5.32 Å². The molecule has 4 nitrogen and oxygen atoms in total. The molecule has 2 atom stereocenters. The van der Waals surface area contributed by atoms with Crippen LogP contribution in [0.1, 0.15) is 37.4 Å². The van der Waals surface area contributed by atoms with E-state index in [0.717, 1.165) is 44.5 Å². The first-order chi connectivity index (χ1) is 10.2. The summed E-state index contributed by atoms with van der Waals surface area (Å²) in [5.41, 5.74) is 0.823. The summed E-state index contributed by atoms with van der Waals surface area (Å²) >= 11 is 0. The molecular formula is C17H24N2O2. The number of nitrogens with one attached hydrogen (secondary N) is 1. The van der Waals surface area contributed by atoms with Crippen molar-refractivity contribution < 1.29 is 9.90 Å². The Hall–Kier alpha value is -1.39. The van der Waals surface area contributed by atoms with Gasteiger partial charge in [0.05, 0.1) is 12.5 Å². The zero-order valence-electron chi connectivity index (χ0n) is 12.4. The molecule has 1 heterocycles. The average Bonchev–Trinajstić information content (AvgIpc) is 3.21. The highest BCUT2D eigenvalue weighted by atomic mass is 16.3. The van der Waals surface area contributed by atoms with Crippen LogP contribution in [0.2, 0.25) is 0 Å². The van der Waals surface area contributed by atoms with Crippen LogP contribution in [0, 0.1) is 5.92 Å². The fourth-order valence-electron chi connectivity index (χ4n) is 3.06. The maximum absolute atomic E-state index is 12.5. The Morgan fingerprint density at radius 2 is 2.05 bits per heavy atom. The van der Waals surface area contributed by atoms with Crippen molar-refractivity contribution in [1.29, 1.82) is 0 Å². The Labute approximate surface area is 126 Å². The van der Waals surface area contributed by atoms with Gasteiger partial charge in [0.1, 0.15) is 0 Å². The molecule has 0 aromatic heterocycles. The van der Waals surface area contributed by atoms with Crippen LogP contribution >= 0.6 is 0 Å². The average molecular weight is 288 g/mol. The van der Waals surface area contributed by atoms with Gasteiger partial charge in [-0.3, -0.25) is 4.79 Å². The number of aliphatic hydroxyl groups is 1. The molecule has 1 aliphatic heterocycles. The Balaban J connectivity index is 1.58. The van der Waals surface area contributed by atoms with E-state index in [1.54, 1.807) is 0 Å². The lowest BCUT2D eigenvalue weighted by atomic mass is 10.0. The normalized spacial score (nSPS) is 23.0. The molecule has 1 saturated carbocycles. The van der Waals surface area contributed by atoms with Gasteiger partial charge in [-0.05, 0) is 43.8 Å². The molecule has 2 fully saturated rings. The summed E-state index contributed by atoms with van der Waals surface area (Å²) < 4.78 is 0. The number of benzene rings is 1. The minimum atomic E-state index is -0.693. The van der Waals surface area contributed by atoms with Gasteiger partial charge < -0.3 is 15.3 Å². The van der Waals surface area contributed by atoms with Gasteiger partial charge in [-0.2, -0.15) is 0 Å². The van der Waals surface area contributed by atoms with Gasteiger partial charge in [-0.1, -0.05) is 30.3 Å². The van der Waals surface area contributed by atoms with Crippen LogP contribution in [-0.2, 0) is 4.79 Å². The number of carbonyl (C=O) groups excluding carboxylic acids is 1. The first-order valence-electron chi connectivity index (χ1n) is 7.97. The summed E-state index contributed by atoms with van der Waals surface area (Å²) in [5, 5.41) is 13.6. The Morgan fingerprint density at radius 1 is 1.29 bits per heavy atom. The van der Waals surface area contributed by atoms with E-state index in [9.17, 15) is 9.90 Å². The summed E-state index contributed by atoms with van der Waals surface area (Å²) in [6.07, 6.45) is 2.89. The number of hydrogen-bond donors (Lipinski definition) is 2. The fraction of sp³-hybridized carbons (Fsp3) is 0.588. The van der Waals surface area contributed by atoms with Crippen LogP contribution < -0.4 is 5.32 Å². The number of amides is 1. The third-order valence-electron chi connectivity index (χ3n) is 4.48. The molecule has 3 rings (SSSR count). The minimum Gasteiger partial charge on any atom is -0.388 e. The molecule has 1 saturated heterocycles. The molecule has 1 amide bonds. The molecule has 1 aromatic carbocycles. The monoisotopic (exact) mass is 288 g/mol. The largest absolute Gasteiger partial charge is 0.388 e. The first kappa shape index (κ1) is 14.5. The van der Waals surface area contributed by atoms with E-state index >= 15 is 0 Å². The van der Waals surface area contributed by atoms with Crippen molar-refractivity contribution in [2.45, 2.75) is 37.8 Å². The second-order valence-corrected chi connectivity index (χ2v) is 6.27. The molecule has 2 aliphatic rings. The topological polar surface area (TPSA) is 52.6 Å². The van der Waals surface area contributed by atoms with Crippen molar-refractivity contribution in [1.82, 2.24) is 10.2 Å². The Bertz CT molecular complexity index is 467. The molecule has 2 unspecified atom stereocenters. The number of hydrogen-bond acceptors (Lipinski definition) is 3. The smallest absolute Gasteiger partial charge is 0.225 e. The predicted molar refractivity (Wildman–Crippen MR) is 81.7 cm³/mol. The summed E-state index contributed by atoms with van der Waals surface area (Å²) in [4.78, 5) is 14.6. The second kappa shape index (κ2) is 6.58. The zero-order chi connectivity index (χ0) is 14.7. The first-order valence-corrected chi connectivity index (χ1v) is 7.97. The van der Waals surface area contributed by atoms with Gasteiger partial charge in [0.15, 0.2) is 0 Å². The quantitative estimate of drug-likeness (QED) is 0.838. The zero-order valence-corrected chi connectivity index (χ0v) is 12.4. The van der Waals surface area contributed by atoms with Gasteiger partial charge in [0.2, 0.25) is 5.91 Å². The van der Waals surface area contributed by atoms with Crippen molar-refractivity contribution in [3.63, 3.8) is 0 Å². The number of aliphatic hydroxyl groups excluding tert-OH is 1. The number of carbonyl (C=O) groups is 1. The molecule has 1 aliphatic carbocycles. The van der Waals surface area contributed by atoms with Crippen LogP contribution in [0.5, 0.6) is 0 Å². The van der Waals surface area contributed by atoms with Crippen molar-refractivity contribution in [2.24, 2.45) is 5.92 Å². The van der Waals surface area contributed by atoms with E-state index in [-0.39, 0.29) is 12.3 Å². The molecule has 21 heavy (non-hydrogen) atoms. The molecule has 0 spiro atoms. The van der Waals surface area contributed by atoms with Gasteiger partial charge >= 0.3 is 0 Å². The SMILES string of the molecule is O=C(CC(O)c1ccccc1)N(CC1CCNC1)C1CC1. The van der Waals surface area contributed by atoms with Crippen LogP contribution in [0.15, 0.2) is 30.3 Å². The summed E-state index contributed by atoms with van der Waals surface area (Å²) in [6, 6.07) is 9.88. The van der Waals surface area contributed by atoms with Crippen molar-refractivity contribution in [3.8, 4) is 0 Å². The third-order valence-corrected chi connectivity index (χ3v) is 4.48. The highest BCUT2D eigenvalue weighted by Gasteiger charge is 2.35. The van der Waals surface area contributed by atoms with E-state index in [1.165, 1.54) is 0 Å². The Kier molecular flexibility index (Phi) is 4.56. The van der Waals surface area contributed by atoms with E-state index < -0.39 is 6.10 Å². The minimum absolute atomic E-state index is 0.0979. The Morgan fingerprint density at radius 3 is 2.67 bits per heavy atom. The van der Waals surface area contributed by atoms with Crippen molar-refractivity contribution in [3.05, 3.63) is 35.9 Å². The van der Waals surface area contributed by atoms with Crippen LogP contribution in [-0.4, -0.2) is 41.6 Å². The van der Waals surface area contributed by atoms with Crippen molar-refractivity contribution >= 4 is 5.91 Å². The standard InChI is InChI=1S/C17H24N2O2/c20-16(14-4-2-1-3-5-14)10-17(21)19(15-6-7-15)12-13-8-9-18-11-13/h1-5,13,15-16,18,20H,6-12H2. The highest BCUT2D eigenvalue weighted by Crippen LogP contribution is 2.30. The van der Waals surface area contributed by atoms with Crippen molar-refractivity contribution in [2.75, 3.05) is 19.6 Å². The highest BCUT2D eigenvalue weighted by molar-refractivity contribution is 5.77. The molecular weight excluding hydrogens is 264 g/mol. The fourth-order valence-corrected chi connectivity index (χ4v) is 3.06. The molecule has 2 N–H and O–H groups in total. The van der Waals surface area contributed by atoms with E-state index in [0.29, 0.717) is 12.0 Å². The van der Waals surface area contributed by atoms with Gasteiger partial charge in [-0.25, -0.2) is 0 Å². The van der Waals surface area contributed by atoms with E-state index in [1.807, 2.05) is 35.2 Å². The van der Waals surface area contributed by atoms with Crippen LogP contribution in [0.4, 0.5) is 0 Å². The van der Waals surface area contributed by atoms with Gasteiger partial charge in [-0.15, -0.1) is 0 Å². The van der Waals surface area contributed by atoms with Crippen LogP contribution in [0.3, 0.4) is 0 Å². The lowest BCUT2D eigenvalue weighted by Crippen LogP contribution is -2.38. The molecule has 0 radical (unpaired) electrons. The van der Waals surface area contributed by atoms with Crippen LogP contribution in [0.25, 0.3) is 0 Å². The molecule has 0 bridgehead atoms. The summed E-state index contributed by atoms with van der Waals surface area (Å²) in [5.74, 6) is 0.671. The maximum Gasteiger partial charge on any atom is 0.225 e. The predicted octanol–water partition coefficient (Wildman–Crippen LogP) is 1.71. The molecule has 1 aromatic rings. The second-order valence-electron chi connectivity index (χ2n) is 6.27. The summed E-state index contributed by atoms with van der Waals surface area (Å²) in [7, 11) is 0. The van der Waals surface area contributed by atoms with Gasteiger partial charge in [0.25, 0.3) is 0 Å². The number of nitrogens with zero attached hydrogens (tertiary/aromatic N) is 1. The molecule has 114 valence electrons. The number of rotatable bonds is 6. The maximum atomic E-state index is 12.5. The summed E-state index contributed by atoms with van der Waals surface area (Å²) in [6.45, 7) is 2.92. The molecule has 4 heteroatoms.